The lowest BCUT2D eigenvalue weighted by Crippen LogP contribution is -2.40. The van der Waals surface area contributed by atoms with Crippen LogP contribution in [0, 0.1) is 5.41 Å². The van der Waals surface area contributed by atoms with E-state index in [0.29, 0.717) is 11.3 Å². The van der Waals surface area contributed by atoms with Gasteiger partial charge in [-0.1, -0.05) is 12.1 Å². The number of fused-ring (bicyclic) bond motifs is 1. The van der Waals surface area contributed by atoms with Crippen LogP contribution in [-0.4, -0.2) is 20.5 Å². The van der Waals surface area contributed by atoms with Gasteiger partial charge in [0.2, 0.25) is 3.79 Å². The summed E-state index contributed by atoms with van der Waals surface area (Å²) in [5.74, 6) is -0.194. The molecule has 0 heterocycles. The third-order valence-corrected chi connectivity index (χ3v) is 5.27. The number of aliphatic carboxylic acids is 1. The van der Waals surface area contributed by atoms with Gasteiger partial charge in [0, 0.05) is 29.0 Å². The summed E-state index contributed by atoms with van der Waals surface area (Å²) in [7, 11) is 0. The maximum atomic E-state index is 11.6. The van der Waals surface area contributed by atoms with E-state index in [9.17, 15) is 9.59 Å². The Bertz CT molecular complexity index is 570. The fourth-order valence-electron chi connectivity index (χ4n) is 2.98. The first kappa shape index (κ1) is 12.9. The molecule has 100 valence electrons. The van der Waals surface area contributed by atoms with Gasteiger partial charge in [0.05, 0.1) is 11.8 Å². The van der Waals surface area contributed by atoms with Crippen LogP contribution in [0.25, 0.3) is 0 Å². The minimum Gasteiger partial charge on any atom is -0.486 e. The van der Waals surface area contributed by atoms with Crippen LogP contribution in [0.2, 0.25) is 0 Å². The van der Waals surface area contributed by atoms with Gasteiger partial charge in [-0.3, -0.25) is 9.59 Å². The molecule has 0 amide bonds. The SMILES string of the molecule is O=C(O)Cc1cccc(OC23CCC2(C(=O)I)C3)c1. The zero-order valence-electron chi connectivity index (χ0n) is 10.2. The molecule has 2 aliphatic carbocycles. The summed E-state index contributed by atoms with van der Waals surface area (Å²) in [5.41, 5.74) is 0.136. The van der Waals surface area contributed by atoms with Gasteiger partial charge < -0.3 is 9.84 Å². The van der Waals surface area contributed by atoms with Gasteiger partial charge in [0.25, 0.3) is 0 Å². The molecule has 2 fully saturated rings. The van der Waals surface area contributed by atoms with Crippen LogP contribution in [0.5, 0.6) is 5.75 Å². The van der Waals surface area contributed by atoms with E-state index in [0.717, 1.165) is 19.3 Å². The molecule has 3 rings (SSSR count). The number of carboxylic acids is 1. The lowest BCUT2D eigenvalue weighted by atomic mass is 9.83. The molecular formula is C14H13IO4. The highest BCUT2D eigenvalue weighted by Crippen LogP contribution is 2.73. The number of rotatable bonds is 5. The third-order valence-electron chi connectivity index (χ3n) is 4.23. The van der Waals surface area contributed by atoms with Gasteiger partial charge in [0.1, 0.15) is 11.4 Å². The number of halogens is 1. The van der Waals surface area contributed by atoms with E-state index >= 15 is 0 Å². The summed E-state index contributed by atoms with van der Waals surface area (Å²) in [6.07, 6.45) is 2.60. The molecule has 0 radical (unpaired) electrons. The van der Waals surface area contributed by atoms with E-state index in [4.69, 9.17) is 9.84 Å². The van der Waals surface area contributed by atoms with E-state index in [2.05, 4.69) is 0 Å². The van der Waals surface area contributed by atoms with Crippen LogP contribution in [0.15, 0.2) is 24.3 Å². The Morgan fingerprint density at radius 2 is 2.16 bits per heavy atom. The van der Waals surface area contributed by atoms with Gasteiger partial charge in [-0.25, -0.2) is 0 Å². The van der Waals surface area contributed by atoms with Crippen LogP contribution in [-0.2, 0) is 16.0 Å². The van der Waals surface area contributed by atoms with Crippen LogP contribution in [0.1, 0.15) is 24.8 Å². The third kappa shape index (κ3) is 1.94. The van der Waals surface area contributed by atoms with Crippen molar-refractivity contribution >= 4 is 32.4 Å². The van der Waals surface area contributed by atoms with Crippen molar-refractivity contribution in [3.63, 3.8) is 0 Å². The predicted molar refractivity (Wildman–Crippen MR) is 76.5 cm³/mol. The second kappa shape index (κ2) is 4.19. The van der Waals surface area contributed by atoms with E-state index < -0.39 is 5.97 Å². The number of benzene rings is 1. The Morgan fingerprint density at radius 1 is 1.37 bits per heavy atom. The maximum absolute atomic E-state index is 11.6. The summed E-state index contributed by atoms with van der Waals surface area (Å²) in [4.78, 5) is 22.3. The summed E-state index contributed by atoms with van der Waals surface area (Å²) in [5, 5.41) is 8.78. The molecule has 1 aromatic rings. The Labute approximate surface area is 124 Å². The molecule has 0 spiro atoms. The molecule has 1 N–H and O–H groups in total. The largest absolute Gasteiger partial charge is 0.486 e. The van der Waals surface area contributed by atoms with Crippen molar-refractivity contribution in [2.45, 2.75) is 31.3 Å². The summed E-state index contributed by atoms with van der Waals surface area (Å²) < 4.78 is 6.16. The van der Waals surface area contributed by atoms with E-state index in [1.165, 1.54) is 0 Å². The summed E-state index contributed by atoms with van der Waals surface area (Å²) in [6.45, 7) is 0. The number of hydrogen-bond acceptors (Lipinski definition) is 3. The molecular weight excluding hydrogens is 359 g/mol. The fourth-order valence-corrected chi connectivity index (χ4v) is 3.93. The minimum absolute atomic E-state index is 0.0133. The van der Waals surface area contributed by atoms with Gasteiger partial charge in [-0.15, -0.1) is 0 Å². The molecule has 2 atom stereocenters. The number of carbonyl (C=O) groups excluding carboxylic acids is 1. The van der Waals surface area contributed by atoms with Crippen LogP contribution < -0.4 is 4.74 Å². The molecule has 0 aliphatic heterocycles. The molecule has 0 aromatic heterocycles. The maximum Gasteiger partial charge on any atom is 0.307 e. The Kier molecular flexibility index (Phi) is 2.85. The highest BCUT2D eigenvalue weighted by atomic mass is 127. The quantitative estimate of drug-likeness (QED) is 0.638. The Hall–Kier alpha value is -1.11. The molecule has 19 heavy (non-hydrogen) atoms. The predicted octanol–water partition coefficient (Wildman–Crippen LogP) is 2.58. The molecule has 5 heteroatoms. The molecule has 0 saturated heterocycles. The average molecular weight is 372 g/mol. The van der Waals surface area contributed by atoms with Gasteiger partial charge in [-0.2, -0.15) is 0 Å². The highest BCUT2D eigenvalue weighted by molar-refractivity contribution is 14.1. The van der Waals surface area contributed by atoms with Crippen molar-refractivity contribution in [2.24, 2.45) is 5.41 Å². The number of carbonyl (C=O) groups is 2. The monoisotopic (exact) mass is 372 g/mol. The van der Waals surface area contributed by atoms with Crippen molar-refractivity contribution in [2.75, 3.05) is 0 Å². The first-order chi connectivity index (χ1) is 8.97. The molecule has 0 bridgehead atoms. The number of hydrogen-bond donors (Lipinski definition) is 1. The standard InChI is InChI=1S/C14H13IO4/c15-12(18)13-4-5-14(13,8-13)19-10-3-1-2-9(6-10)7-11(16)17/h1-3,6H,4-5,7-8H2,(H,16,17). The normalized spacial score (nSPS) is 31.0. The molecule has 4 nitrogen and oxygen atoms in total. The zero-order valence-corrected chi connectivity index (χ0v) is 12.3. The summed E-state index contributed by atoms with van der Waals surface area (Å²) in [6, 6.07) is 7.13. The molecule has 2 saturated carbocycles. The zero-order chi connectivity index (χ0) is 13.7. The lowest BCUT2D eigenvalue weighted by molar-refractivity contribution is -0.136. The van der Waals surface area contributed by atoms with E-state index in [1.807, 2.05) is 28.7 Å². The molecule has 2 unspecified atom stereocenters. The van der Waals surface area contributed by atoms with Crippen molar-refractivity contribution < 1.29 is 19.4 Å². The van der Waals surface area contributed by atoms with Crippen LogP contribution in [0.3, 0.4) is 0 Å². The second-order valence-electron chi connectivity index (χ2n) is 5.35. The smallest absolute Gasteiger partial charge is 0.307 e. The van der Waals surface area contributed by atoms with Crippen LogP contribution in [0.4, 0.5) is 0 Å². The molecule has 2 aliphatic rings. The number of ether oxygens (including phenoxy) is 1. The number of carboxylic acid groups (broad SMARTS) is 1. The van der Waals surface area contributed by atoms with Crippen molar-refractivity contribution in [1.82, 2.24) is 0 Å². The second-order valence-corrected chi connectivity index (χ2v) is 6.33. The highest BCUT2D eigenvalue weighted by Gasteiger charge is 2.80. The van der Waals surface area contributed by atoms with Crippen molar-refractivity contribution in [3.8, 4) is 5.75 Å². The first-order valence-corrected chi connectivity index (χ1v) is 7.25. The lowest BCUT2D eigenvalue weighted by Gasteiger charge is -2.33. The van der Waals surface area contributed by atoms with Crippen LogP contribution >= 0.6 is 22.6 Å². The topological polar surface area (TPSA) is 63.6 Å². The fraction of sp³-hybridized carbons (Fsp3) is 0.429. The summed E-state index contributed by atoms with van der Waals surface area (Å²) >= 11 is 1.86. The minimum atomic E-state index is -0.859. The Morgan fingerprint density at radius 3 is 2.68 bits per heavy atom. The van der Waals surface area contributed by atoms with Gasteiger partial charge in [0.15, 0.2) is 0 Å². The van der Waals surface area contributed by atoms with Gasteiger partial charge >= 0.3 is 5.97 Å². The molecule has 1 aromatic carbocycles. The van der Waals surface area contributed by atoms with Crippen molar-refractivity contribution in [1.29, 1.82) is 0 Å². The van der Waals surface area contributed by atoms with Crippen molar-refractivity contribution in [3.05, 3.63) is 29.8 Å². The Balaban J connectivity index is 1.75. The van der Waals surface area contributed by atoms with E-state index in [-0.39, 0.29) is 21.2 Å². The van der Waals surface area contributed by atoms with E-state index in [1.54, 1.807) is 18.2 Å². The average Bonchev–Trinajstić information content (AvgIpc) is 2.77. The van der Waals surface area contributed by atoms with Gasteiger partial charge in [-0.05, 0) is 30.5 Å². The first-order valence-electron chi connectivity index (χ1n) is 6.17.